The molecule has 0 radical (unpaired) electrons. The molecule has 0 amide bonds. The number of hydrogen-bond donors (Lipinski definition) is 2. The van der Waals surface area contributed by atoms with Gasteiger partial charge < -0.3 is 10.1 Å². The maximum Gasteiger partial charge on any atom is 0.293 e. The number of nitrogens with two attached hydrogens (primary N) is 1. The van der Waals surface area contributed by atoms with Crippen molar-refractivity contribution in [1.82, 2.24) is 0 Å². The number of nitro benzene ring substituents is 1. The van der Waals surface area contributed by atoms with Gasteiger partial charge >= 0.3 is 0 Å². The zero-order valence-electron chi connectivity index (χ0n) is 11.3. The molecule has 8 nitrogen and oxygen atoms in total. The molecular weight excluding hydrogens is 298 g/mol. The van der Waals surface area contributed by atoms with E-state index in [1.165, 1.54) is 12.1 Å². The van der Waals surface area contributed by atoms with Crippen LogP contribution in [0.4, 0.5) is 11.4 Å². The molecule has 116 valence electrons. The minimum absolute atomic E-state index is 0.0104. The molecule has 1 atom stereocenters. The highest BCUT2D eigenvalue weighted by Gasteiger charge is 2.20. The zero-order valence-corrected chi connectivity index (χ0v) is 12.1. The molecule has 1 fully saturated rings. The van der Waals surface area contributed by atoms with E-state index in [1.807, 2.05) is 0 Å². The Balaban J connectivity index is 2.16. The van der Waals surface area contributed by atoms with Crippen molar-refractivity contribution in [1.29, 1.82) is 0 Å². The monoisotopic (exact) mass is 315 g/mol. The van der Waals surface area contributed by atoms with Crippen LogP contribution < -0.4 is 10.5 Å². The lowest BCUT2D eigenvalue weighted by Crippen LogP contribution is -2.27. The van der Waals surface area contributed by atoms with Crippen molar-refractivity contribution < 1.29 is 18.1 Å². The molecule has 1 heterocycles. The summed E-state index contributed by atoms with van der Waals surface area (Å²) in [6.07, 6.45) is 3.01. The Morgan fingerprint density at radius 3 is 2.76 bits per heavy atom. The van der Waals surface area contributed by atoms with E-state index in [4.69, 9.17) is 9.88 Å². The molecule has 1 unspecified atom stereocenters. The van der Waals surface area contributed by atoms with Gasteiger partial charge in [0.2, 0.25) is 10.0 Å². The van der Waals surface area contributed by atoms with Crippen LogP contribution in [0.15, 0.2) is 23.1 Å². The van der Waals surface area contributed by atoms with Crippen molar-refractivity contribution in [3.8, 4) is 0 Å². The van der Waals surface area contributed by atoms with Gasteiger partial charge in [0.25, 0.3) is 5.69 Å². The first kappa shape index (κ1) is 15.7. The summed E-state index contributed by atoms with van der Waals surface area (Å²) in [5, 5.41) is 19.0. The maximum atomic E-state index is 11.2. The lowest BCUT2D eigenvalue weighted by atomic mass is 10.1. The summed E-state index contributed by atoms with van der Waals surface area (Å²) in [7, 11) is -3.97. The third-order valence-electron chi connectivity index (χ3n) is 3.29. The molecule has 1 aliphatic heterocycles. The van der Waals surface area contributed by atoms with Gasteiger partial charge in [0.1, 0.15) is 5.69 Å². The van der Waals surface area contributed by atoms with E-state index in [1.54, 1.807) is 0 Å². The van der Waals surface area contributed by atoms with E-state index >= 15 is 0 Å². The normalized spacial score (nSPS) is 19.2. The van der Waals surface area contributed by atoms with Crippen molar-refractivity contribution >= 4 is 21.4 Å². The van der Waals surface area contributed by atoms with Crippen molar-refractivity contribution in [3.63, 3.8) is 0 Å². The average Bonchev–Trinajstić information content (AvgIpc) is 2.45. The van der Waals surface area contributed by atoms with Gasteiger partial charge in [-0.15, -0.1) is 0 Å². The van der Waals surface area contributed by atoms with E-state index in [2.05, 4.69) is 5.32 Å². The fraction of sp³-hybridized carbons (Fsp3) is 0.500. The minimum Gasteiger partial charge on any atom is -0.377 e. The highest BCUT2D eigenvalue weighted by molar-refractivity contribution is 7.89. The second-order valence-electron chi connectivity index (χ2n) is 4.85. The second-order valence-corrected chi connectivity index (χ2v) is 6.41. The summed E-state index contributed by atoms with van der Waals surface area (Å²) >= 11 is 0. The minimum atomic E-state index is -3.97. The standard InChI is InChI=1S/C12H17N3O5S/c13-21(18,19)10-4-5-11(12(7-10)15(16)17)14-8-9-3-1-2-6-20-9/h4-5,7,9,14H,1-3,6,8H2,(H2,13,18,19). The van der Waals surface area contributed by atoms with Crippen LogP contribution in [0.3, 0.4) is 0 Å². The molecule has 3 N–H and O–H groups in total. The van der Waals surface area contributed by atoms with Gasteiger partial charge in [-0.05, 0) is 31.4 Å². The summed E-state index contributed by atoms with van der Waals surface area (Å²) in [5.74, 6) is 0. The topological polar surface area (TPSA) is 125 Å². The van der Waals surface area contributed by atoms with Crippen molar-refractivity contribution in [2.24, 2.45) is 5.14 Å². The molecule has 1 aliphatic rings. The van der Waals surface area contributed by atoms with Gasteiger partial charge in [0.15, 0.2) is 0 Å². The third kappa shape index (κ3) is 4.13. The van der Waals surface area contributed by atoms with E-state index in [0.29, 0.717) is 13.2 Å². The number of nitrogens with one attached hydrogen (secondary N) is 1. The van der Waals surface area contributed by atoms with Gasteiger partial charge in [0, 0.05) is 19.2 Å². The average molecular weight is 315 g/mol. The van der Waals surface area contributed by atoms with E-state index in [-0.39, 0.29) is 22.4 Å². The molecule has 0 aliphatic carbocycles. The van der Waals surface area contributed by atoms with Crippen LogP contribution >= 0.6 is 0 Å². The number of hydrogen-bond acceptors (Lipinski definition) is 6. The summed E-state index contributed by atoms with van der Waals surface area (Å²) in [6.45, 7) is 1.13. The predicted octanol–water partition coefficient (Wildman–Crippen LogP) is 1.22. The lowest BCUT2D eigenvalue weighted by Gasteiger charge is -2.23. The van der Waals surface area contributed by atoms with Gasteiger partial charge in [-0.1, -0.05) is 0 Å². The summed E-state index contributed by atoms with van der Waals surface area (Å²) < 4.78 is 28.0. The first-order valence-corrected chi connectivity index (χ1v) is 8.09. The molecule has 0 aromatic heterocycles. The van der Waals surface area contributed by atoms with Gasteiger partial charge in [-0.3, -0.25) is 10.1 Å². The van der Waals surface area contributed by atoms with E-state index in [9.17, 15) is 18.5 Å². The number of primary sulfonamides is 1. The number of ether oxygens (including phenoxy) is 1. The number of nitro groups is 1. The van der Waals surface area contributed by atoms with Gasteiger partial charge in [0.05, 0.1) is 15.9 Å². The largest absolute Gasteiger partial charge is 0.377 e. The molecule has 0 saturated carbocycles. The van der Waals surface area contributed by atoms with Gasteiger partial charge in [-0.2, -0.15) is 0 Å². The molecule has 0 spiro atoms. The Kier molecular flexibility index (Phi) is 4.76. The number of benzene rings is 1. The highest BCUT2D eigenvalue weighted by atomic mass is 32.2. The Labute approximate surface area is 122 Å². The van der Waals surface area contributed by atoms with Crippen molar-refractivity contribution in [2.75, 3.05) is 18.5 Å². The SMILES string of the molecule is NS(=O)(=O)c1ccc(NCC2CCCCO2)c([N+](=O)[O-])c1. The highest BCUT2D eigenvalue weighted by Crippen LogP contribution is 2.27. The summed E-state index contributed by atoms with van der Waals surface area (Å²) in [4.78, 5) is 10.1. The van der Waals surface area contributed by atoms with Crippen LogP contribution in [0.5, 0.6) is 0 Å². The first-order valence-electron chi connectivity index (χ1n) is 6.54. The van der Waals surface area contributed by atoms with Crippen LogP contribution in [0, 0.1) is 10.1 Å². The fourth-order valence-electron chi connectivity index (χ4n) is 2.18. The molecule has 9 heteroatoms. The molecule has 0 bridgehead atoms. The lowest BCUT2D eigenvalue weighted by molar-refractivity contribution is -0.384. The molecule has 21 heavy (non-hydrogen) atoms. The van der Waals surface area contributed by atoms with Crippen LogP contribution in [0.25, 0.3) is 0 Å². The first-order chi connectivity index (χ1) is 9.88. The van der Waals surface area contributed by atoms with Crippen LogP contribution in [-0.2, 0) is 14.8 Å². The fourth-order valence-corrected chi connectivity index (χ4v) is 2.71. The van der Waals surface area contributed by atoms with E-state index < -0.39 is 14.9 Å². The quantitative estimate of drug-likeness (QED) is 0.622. The number of sulfonamides is 1. The number of nitrogens with zero attached hydrogens (tertiary/aromatic N) is 1. The van der Waals surface area contributed by atoms with E-state index in [0.717, 1.165) is 25.3 Å². The predicted molar refractivity (Wildman–Crippen MR) is 76.6 cm³/mol. The molecular formula is C12H17N3O5S. The number of anilines is 1. The molecule has 1 aromatic rings. The zero-order chi connectivity index (χ0) is 15.5. The smallest absolute Gasteiger partial charge is 0.293 e. The number of rotatable bonds is 5. The summed E-state index contributed by atoms with van der Waals surface area (Å²) in [6, 6.07) is 3.55. The molecule has 1 saturated heterocycles. The summed E-state index contributed by atoms with van der Waals surface area (Å²) in [5.41, 5.74) is -0.0705. The van der Waals surface area contributed by atoms with Crippen molar-refractivity contribution in [3.05, 3.63) is 28.3 Å². The Bertz CT molecular complexity index is 626. The maximum absolute atomic E-state index is 11.2. The van der Waals surface area contributed by atoms with Crippen LogP contribution in [0.2, 0.25) is 0 Å². The van der Waals surface area contributed by atoms with Crippen LogP contribution in [-0.4, -0.2) is 32.6 Å². The van der Waals surface area contributed by atoms with Gasteiger partial charge in [-0.25, -0.2) is 13.6 Å². The Morgan fingerprint density at radius 1 is 1.43 bits per heavy atom. The third-order valence-corrected chi connectivity index (χ3v) is 4.20. The second kappa shape index (κ2) is 6.37. The van der Waals surface area contributed by atoms with Crippen molar-refractivity contribution in [2.45, 2.75) is 30.3 Å². The Hall–Kier alpha value is -1.71. The Morgan fingerprint density at radius 2 is 2.19 bits per heavy atom. The molecule has 2 rings (SSSR count). The van der Waals surface area contributed by atoms with Crippen LogP contribution in [0.1, 0.15) is 19.3 Å². The molecule has 1 aromatic carbocycles.